The standard InChI is InChI=1S/C13H30N2O/c1-7-13(10-14-6)16-9-8-15(11(2)3)12(4)5/h11-14H,7-10H2,1-6H3. The molecular formula is C13H30N2O. The van der Waals surface area contributed by atoms with Crippen LogP contribution in [-0.2, 0) is 4.74 Å². The zero-order valence-electron chi connectivity index (χ0n) is 11.9. The van der Waals surface area contributed by atoms with Gasteiger partial charge in [0.25, 0.3) is 0 Å². The molecule has 3 nitrogen and oxygen atoms in total. The minimum Gasteiger partial charge on any atom is -0.376 e. The zero-order valence-corrected chi connectivity index (χ0v) is 11.9. The molecule has 0 aliphatic carbocycles. The van der Waals surface area contributed by atoms with Crippen LogP contribution in [0.25, 0.3) is 0 Å². The van der Waals surface area contributed by atoms with Crippen molar-refractivity contribution in [2.24, 2.45) is 0 Å². The molecule has 0 bridgehead atoms. The number of ether oxygens (including phenoxy) is 1. The van der Waals surface area contributed by atoms with Crippen LogP contribution < -0.4 is 5.32 Å². The predicted octanol–water partition coefficient (Wildman–Crippen LogP) is 2.12. The molecule has 1 N–H and O–H groups in total. The summed E-state index contributed by atoms with van der Waals surface area (Å²) in [7, 11) is 1.97. The van der Waals surface area contributed by atoms with Crippen molar-refractivity contribution >= 4 is 0 Å². The van der Waals surface area contributed by atoms with Crippen LogP contribution in [0.4, 0.5) is 0 Å². The van der Waals surface area contributed by atoms with Crippen molar-refractivity contribution in [3.63, 3.8) is 0 Å². The average molecular weight is 230 g/mol. The summed E-state index contributed by atoms with van der Waals surface area (Å²) in [5.74, 6) is 0. The van der Waals surface area contributed by atoms with Crippen LogP contribution in [0.15, 0.2) is 0 Å². The van der Waals surface area contributed by atoms with Gasteiger partial charge in [0.1, 0.15) is 0 Å². The minimum absolute atomic E-state index is 0.353. The van der Waals surface area contributed by atoms with E-state index in [0.29, 0.717) is 18.2 Å². The fourth-order valence-corrected chi connectivity index (χ4v) is 1.99. The molecule has 0 rings (SSSR count). The fourth-order valence-electron chi connectivity index (χ4n) is 1.99. The average Bonchev–Trinajstić information content (AvgIpc) is 2.21. The molecule has 0 spiro atoms. The summed E-state index contributed by atoms with van der Waals surface area (Å²) in [6.07, 6.45) is 1.43. The molecule has 98 valence electrons. The Bertz CT molecular complexity index is 152. The summed E-state index contributed by atoms with van der Waals surface area (Å²) in [6.45, 7) is 13.9. The van der Waals surface area contributed by atoms with Crippen LogP contribution in [0.5, 0.6) is 0 Å². The van der Waals surface area contributed by atoms with Crippen molar-refractivity contribution in [3.8, 4) is 0 Å². The number of rotatable bonds is 9. The summed E-state index contributed by atoms with van der Waals surface area (Å²) in [5.41, 5.74) is 0. The first-order valence-electron chi connectivity index (χ1n) is 6.54. The molecule has 0 aliphatic rings. The van der Waals surface area contributed by atoms with Gasteiger partial charge in [-0.05, 0) is 41.2 Å². The Morgan fingerprint density at radius 3 is 2.06 bits per heavy atom. The Morgan fingerprint density at radius 2 is 1.69 bits per heavy atom. The Labute approximate surface area is 102 Å². The third-order valence-corrected chi connectivity index (χ3v) is 2.92. The molecule has 0 amide bonds. The van der Waals surface area contributed by atoms with Gasteiger partial charge >= 0.3 is 0 Å². The lowest BCUT2D eigenvalue weighted by Gasteiger charge is -2.31. The molecule has 0 saturated carbocycles. The van der Waals surface area contributed by atoms with E-state index in [2.05, 4.69) is 44.8 Å². The van der Waals surface area contributed by atoms with Gasteiger partial charge in [-0.3, -0.25) is 4.90 Å². The Kier molecular flexibility index (Phi) is 8.90. The highest BCUT2D eigenvalue weighted by Gasteiger charge is 2.13. The Hall–Kier alpha value is -0.120. The third kappa shape index (κ3) is 6.46. The van der Waals surface area contributed by atoms with Crippen molar-refractivity contribution in [2.75, 3.05) is 26.7 Å². The van der Waals surface area contributed by atoms with E-state index < -0.39 is 0 Å². The maximum Gasteiger partial charge on any atom is 0.0697 e. The molecule has 1 unspecified atom stereocenters. The van der Waals surface area contributed by atoms with E-state index in [1.807, 2.05) is 7.05 Å². The molecule has 0 aliphatic heterocycles. The second kappa shape index (κ2) is 8.97. The van der Waals surface area contributed by atoms with Crippen molar-refractivity contribution in [1.82, 2.24) is 10.2 Å². The lowest BCUT2D eigenvalue weighted by atomic mass is 10.2. The van der Waals surface area contributed by atoms with Gasteiger partial charge in [-0.25, -0.2) is 0 Å². The van der Waals surface area contributed by atoms with Crippen LogP contribution in [-0.4, -0.2) is 49.8 Å². The van der Waals surface area contributed by atoms with E-state index in [9.17, 15) is 0 Å². The van der Waals surface area contributed by atoms with Crippen molar-refractivity contribution in [2.45, 2.75) is 59.2 Å². The van der Waals surface area contributed by atoms with Crippen molar-refractivity contribution in [1.29, 1.82) is 0 Å². The van der Waals surface area contributed by atoms with E-state index >= 15 is 0 Å². The third-order valence-electron chi connectivity index (χ3n) is 2.92. The molecular weight excluding hydrogens is 200 g/mol. The number of nitrogens with zero attached hydrogens (tertiary/aromatic N) is 1. The van der Waals surface area contributed by atoms with E-state index in [-0.39, 0.29) is 0 Å². The lowest BCUT2D eigenvalue weighted by molar-refractivity contribution is 0.0249. The highest BCUT2D eigenvalue weighted by Crippen LogP contribution is 2.05. The van der Waals surface area contributed by atoms with Crippen LogP contribution in [0.1, 0.15) is 41.0 Å². The highest BCUT2D eigenvalue weighted by atomic mass is 16.5. The molecule has 0 heterocycles. The molecule has 3 heteroatoms. The van der Waals surface area contributed by atoms with Crippen molar-refractivity contribution < 1.29 is 4.74 Å². The summed E-state index contributed by atoms with van der Waals surface area (Å²) >= 11 is 0. The molecule has 1 atom stereocenters. The molecule has 0 saturated heterocycles. The van der Waals surface area contributed by atoms with Crippen molar-refractivity contribution in [3.05, 3.63) is 0 Å². The van der Waals surface area contributed by atoms with Crippen LogP contribution in [0, 0.1) is 0 Å². The topological polar surface area (TPSA) is 24.5 Å². The maximum absolute atomic E-state index is 5.86. The number of likely N-dealkylation sites (N-methyl/N-ethyl adjacent to an activating group) is 1. The Morgan fingerprint density at radius 1 is 1.12 bits per heavy atom. The minimum atomic E-state index is 0.353. The van der Waals surface area contributed by atoms with Gasteiger partial charge in [-0.2, -0.15) is 0 Å². The maximum atomic E-state index is 5.86. The fraction of sp³-hybridized carbons (Fsp3) is 1.00. The number of nitrogens with one attached hydrogen (secondary N) is 1. The normalized spacial score (nSPS) is 14.1. The van der Waals surface area contributed by atoms with Gasteiger partial charge in [-0.15, -0.1) is 0 Å². The summed E-state index contributed by atoms with van der Waals surface area (Å²) in [4.78, 5) is 2.46. The van der Waals surface area contributed by atoms with E-state index in [4.69, 9.17) is 4.74 Å². The first-order valence-corrected chi connectivity index (χ1v) is 6.54. The van der Waals surface area contributed by atoms with Gasteiger partial charge < -0.3 is 10.1 Å². The van der Waals surface area contributed by atoms with Gasteiger partial charge in [-0.1, -0.05) is 6.92 Å². The zero-order chi connectivity index (χ0) is 12.6. The highest BCUT2D eigenvalue weighted by molar-refractivity contribution is 4.67. The summed E-state index contributed by atoms with van der Waals surface area (Å²) in [6, 6.07) is 1.18. The smallest absolute Gasteiger partial charge is 0.0697 e. The van der Waals surface area contributed by atoms with E-state index in [1.165, 1.54) is 0 Å². The Balaban J connectivity index is 3.84. The first kappa shape index (κ1) is 15.9. The molecule has 0 aromatic heterocycles. The molecule has 0 radical (unpaired) electrons. The largest absolute Gasteiger partial charge is 0.376 e. The lowest BCUT2D eigenvalue weighted by Crippen LogP contribution is -2.40. The predicted molar refractivity (Wildman–Crippen MR) is 70.9 cm³/mol. The van der Waals surface area contributed by atoms with Crippen LogP contribution in [0.3, 0.4) is 0 Å². The van der Waals surface area contributed by atoms with Gasteiger partial charge in [0.2, 0.25) is 0 Å². The van der Waals surface area contributed by atoms with Gasteiger partial charge in [0, 0.05) is 25.2 Å². The van der Waals surface area contributed by atoms with Gasteiger partial charge in [0.15, 0.2) is 0 Å². The number of hydrogen-bond donors (Lipinski definition) is 1. The van der Waals surface area contributed by atoms with Crippen LogP contribution in [0.2, 0.25) is 0 Å². The molecule has 0 aromatic carbocycles. The SMILES string of the molecule is CCC(CNC)OCCN(C(C)C)C(C)C. The molecule has 16 heavy (non-hydrogen) atoms. The summed E-state index contributed by atoms with van der Waals surface area (Å²) in [5, 5.41) is 3.16. The number of hydrogen-bond acceptors (Lipinski definition) is 3. The monoisotopic (exact) mass is 230 g/mol. The first-order chi connectivity index (χ1) is 7.52. The van der Waals surface area contributed by atoms with Crippen LogP contribution >= 0.6 is 0 Å². The second-order valence-corrected chi connectivity index (χ2v) is 4.88. The second-order valence-electron chi connectivity index (χ2n) is 4.88. The van der Waals surface area contributed by atoms with E-state index in [1.54, 1.807) is 0 Å². The van der Waals surface area contributed by atoms with Gasteiger partial charge in [0.05, 0.1) is 12.7 Å². The molecule has 0 fully saturated rings. The quantitative estimate of drug-likeness (QED) is 0.656. The van der Waals surface area contributed by atoms with E-state index in [0.717, 1.165) is 26.1 Å². The molecule has 0 aromatic rings. The summed E-state index contributed by atoms with van der Waals surface area (Å²) < 4.78 is 5.86.